The molecule has 2 aromatic rings. The van der Waals surface area contributed by atoms with Gasteiger partial charge in [-0.25, -0.2) is 0 Å². The summed E-state index contributed by atoms with van der Waals surface area (Å²) in [6, 6.07) is 9.67. The summed E-state index contributed by atoms with van der Waals surface area (Å²) < 4.78 is 5.21. The smallest absolute Gasteiger partial charge is 0.252 e. The van der Waals surface area contributed by atoms with Gasteiger partial charge < -0.3 is 20.1 Å². The second-order valence-corrected chi connectivity index (χ2v) is 7.11. The van der Waals surface area contributed by atoms with Crippen LogP contribution >= 0.6 is 0 Å². The van der Waals surface area contributed by atoms with E-state index in [-0.39, 0.29) is 28.3 Å². The van der Waals surface area contributed by atoms with Crippen LogP contribution in [0.3, 0.4) is 0 Å². The normalized spacial score (nSPS) is 16.5. The Morgan fingerprint density at radius 3 is 2.20 bits per heavy atom. The topological polar surface area (TPSA) is 113 Å². The van der Waals surface area contributed by atoms with Crippen LogP contribution in [-0.4, -0.2) is 72.3 Å². The highest BCUT2D eigenvalue weighted by Gasteiger charge is 2.31. The fraction of sp³-hybridized carbons (Fsp3) is 0.273. The predicted molar refractivity (Wildman–Crippen MR) is 105 cm³/mol. The number of ketones is 2. The van der Waals surface area contributed by atoms with Crippen LogP contribution in [0.4, 0.5) is 0 Å². The van der Waals surface area contributed by atoms with E-state index < -0.39 is 24.5 Å². The number of ether oxygens (including phenoxy) is 1. The maximum absolute atomic E-state index is 12.8. The van der Waals surface area contributed by atoms with Gasteiger partial charge in [-0.1, -0.05) is 24.3 Å². The van der Waals surface area contributed by atoms with Crippen molar-refractivity contribution in [3.8, 4) is 0 Å². The van der Waals surface area contributed by atoms with Crippen molar-refractivity contribution < 1.29 is 29.0 Å². The Labute approximate surface area is 172 Å². The summed E-state index contributed by atoms with van der Waals surface area (Å²) in [6.45, 7) is 1.03. The third-order valence-corrected chi connectivity index (χ3v) is 5.30. The standard InChI is InChI=1S/C22H20N2O6/c25-12-18(22(29)24-7-9-30-10-8-24)23-21(28)13-5-6-16-17(11-13)20(27)15-4-2-1-3-14(15)19(16)26/h1-6,11,18,25H,7-10,12H2,(H,23,28). The Morgan fingerprint density at radius 2 is 1.57 bits per heavy atom. The molecule has 2 amide bonds. The van der Waals surface area contributed by atoms with Gasteiger partial charge in [-0.05, 0) is 18.2 Å². The molecule has 0 spiro atoms. The van der Waals surface area contributed by atoms with Crippen molar-refractivity contribution in [1.29, 1.82) is 0 Å². The lowest BCUT2D eigenvalue weighted by Gasteiger charge is -2.30. The Kier molecular flexibility index (Phi) is 5.43. The van der Waals surface area contributed by atoms with E-state index in [4.69, 9.17) is 4.74 Å². The molecule has 1 heterocycles. The van der Waals surface area contributed by atoms with Crippen molar-refractivity contribution >= 4 is 23.4 Å². The molecule has 1 saturated heterocycles. The molecular weight excluding hydrogens is 388 g/mol. The molecule has 4 rings (SSSR count). The molecule has 0 bridgehead atoms. The van der Waals surface area contributed by atoms with Crippen molar-refractivity contribution in [1.82, 2.24) is 10.2 Å². The van der Waals surface area contributed by atoms with Gasteiger partial charge in [0.25, 0.3) is 5.91 Å². The number of carbonyl (C=O) groups is 4. The first-order valence-corrected chi connectivity index (χ1v) is 9.62. The number of nitrogens with zero attached hydrogens (tertiary/aromatic N) is 1. The van der Waals surface area contributed by atoms with E-state index in [9.17, 15) is 24.3 Å². The average molecular weight is 408 g/mol. The molecule has 2 N–H and O–H groups in total. The number of hydrogen-bond acceptors (Lipinski definition) is 6. The molecule has 2 aromatic carbocycles. The number of carbonyl (C=O) groups excluding carboxylic acids is 4. The van der Waals surface area contributed by atoms with Crippen LogP contribution in [0.2, 0.25) is 0 Å². The molecule has 1 atom stereocenters. The zero-order chi connectivity index (χ0) is 21.3. The van der Waals surface area contributed by atoms with Gasteiger partial charge in [0.05, 0.1) is 19.8 Å². The Bertz CT molecular complexity index is 1040. The SMILES string of the molecule is O=C(NC(CO)C(=O)N1CCOCC1)c1ccc2c(c1)C(=O)c1ccccc1C2=O. The highest BCUT2D eigenvalue weighted by molar-refractivity contribution is 6.28. The molecule has 1 aliphatic carbocycles. The Morgan fingerprint density at radius 1 is 0.967 bits per heavy atom. The van der Waals surface area contributed by atoms with Crippen molar-refractivity contribution in [3.63, 3.8) is 0 Å². The van der Waals surface area contributed by atoms with E-state index in [1.54, 1.807) is 24.3 Å². The van der Waals surface area contributed by atoms with Gasteiger partial charge >= 0.3 is 0 Å². The van der Waals surface area contributed by atoms with Gasteiger partial charge in [0.1, 0.15) is 6.04 Å². The lowest BCUT2D eigenvalue weighted by atomic mass is 9.83. The molecule has 2 aliphatic rings. The minimum absolute atomic E-state index is 0.127. The van der Waals surface area contributed by atoms with Crippen LogP contribution in [-0.2, 0) is 9.53 Å². The zero-order valence-corrected chi connectivity index (χ0v) is 16.1. The van der Waals surface area contributed by atoms with E-state index in [0.29, 0.717) is 37.4 Å². The van der Waals surface area contributed by atoms with E-state index in [1.807, 2.05) is 0 Å². The highest BCUT2D eigenvalue weighted by Crippen LogP contribution is 2.27. The molecule has 30 heavy (non-hydrogen) atoms. The van der Waals surface area contributed by atoms with Crippen molar-refractivity contribution in [2.24, 2.45) is 0 Å². The predicted octanol–water partition coefficient (Wildman–Crippen LogP) is 0.412. The number of hydrogen-bond donors (Lipinski definition) is 2. The summed E-state index contributed by atoms with van der Waals surface area (Å²) in [7, 11) is 0. The number of fused-ring (bicyclic) bond motifs is 2. The van der Waals surface area contributed by atoms with Crippen molar-refractivity contribution in [2.45, 2.75) is 6.04 Å². The second-order valence-electron chi connectivity index (χ2n) is 7.11. The molecule has 8 heteroatoms. The molecule has 0 radical (unpaired) electrons. The van der Waals surface area contributed by atoms with E-state index in [2.05, 4.69) is 5.32 Å². The van der Waals surface area contributed by atoms with Gasteiger partial charge in [0.2, 0.25) is 5.91 Å². The van der Waals surface area contributed by atoms with Crippen LogP contribution in [0.25, 0.3) is 0 Å². The minimum atomic E-state index is -1.11. The zero-order valence-electron chi connectivity index (χ0n) is 16.1. The molecule has 1 aliphatic heterocycles. The summed E-state index contributed by atoms with van der Waals surface area (Å²) in [5, 5.41) is 12.1. The fourth-order valence-electron chi connectivity index (χ4n) is 3.67. The third kappa shape index (κ3) is 3.51. The van der Waals surface area contributed by atoms with Crippen LogP contribution in [0.5, 0.6) is 0 Å². The van der Waals surface area contributed by atoms with Gasteiger partial charge in [-0.3, -0.25) is 19.2 Å². The molecule has 154 valence electrons. The quantitative estimate of drug-likeness (QED) is 0.647. The average Bonchev–Trinajstić information content (AvgIpc) is 2.80. The summed E-state index contributed by atoms with van der Waals surface area (Å²) in [6.07, 6.45) is 0. The van der Waals surface area contributed by atoms with E-state index in [1.165, 1.54) is 23.1 Å². The number of morpholine rings is 1. The Hall–Kier alpha value is -3.36. The lowest BCUT2D eigenvalue weighted by molar-refractivity contribution is -0.138. The maximum atomic E-state index is 12.8. The van der Waals surface area contributed by atoms with Crippen LogP contribution < -0.4 is 5.32 Å². The summed E-state index contributed by atoms with van der Waals surface area (Å²) in [4.78, 5) is 52.3. The maximum Gasteiger partial charge on any atom is 0.252 e. The van der Waals surface area contributed by atoms with Crippen LogP contribution in [0.1, 0.15) is 42.2 Å². The first-order valence-electron chi connectivity index (χ1n) is 9.62. The number of rotatable bonds is 4. The van der Waals surface area contributed by atoms with Crippen LogP contribution in [0.15, 0.2) is 42.5 Å². The third-order valence-electron chi connectivity index (χ3n) is 5.30. The van der Waals surface area contributed by atoms with Gasteiger partial charge in [0, 0.05) is 40.9 Å². The highest BCUT2D eigenvalue weighted by atomic mass is 16.5. The molecule has 1 unspecified atom stereocenters. The molecular formula is C22H20N2O6. The fourth-order valence-corrected chi connectivity index (χ4v) is 3.67. The van der Waals surface area contributed by atoms with Crippen LogP contribution in [0, 0.1) is 0 Å². The molecule has 0 aromatic heterocycles. The second kappa shape index (κ2) is 8.17. The summed E-state index contributed by atoms with van der Waals surface area (Å²) in [5.74, 6) is -1.62. The van der Waals surface area contributed by atoms with Gasteiger partial charge in [-0.15, -0.1) is 0 Å². The molecule has 0 saturated carbocycles. The number of amides is 2. The summed E-state index contributed by atoms with van der Waals surface area (Å²) >= 11 is 0. The van der Waals surface area contributed by atoms with E-state index >= 15 is 0 Å². The first kappa shape index (κ1) is 19.9. The van der Waals surface area contributed by atoms with Gasteiger partial charge in [0.15, 0.2) is 11.6 Å². The molecule has 1 fully saturated rings. The minimum Gasteiger partial charge on any atom is -0.394 e. The monoisotopic (exact) mass is 408 g/mol. The summed E-state index contributed by atoms with van der Waals surface area (Å²) in [5.41, 5.74) is 1.14. The number of nitrogens with one attached hydrogen (secondary N) is 1. The lowest BCUT2D eigenvalue weighted by Crippen LogP contribution is -2.53. The van der Waals surface area contributed by atoms with Gasteiger partial charge in [-0.2, -0.15) is 0 Å². The number of aliphatic hydroxyl groups is 1. The van der Waals surface area contributed by atoms with Crippen molar-refractivity contribution in [3.05, 3.63) is 70.3 Å². The molecule has 8 nitrogen and oxygen atoms in total. The largest absolute Gasteiger partial charge is 0.394 e. The number of benzene rings is 2. The Balaban J connectivity index is 1.56. The van der Waals surface area contributed by atoms with Crippen molar-refractivity contribution in [2.75, 3.05) is 32.9 Å². The number of aliphatic hydroxyl groups excluding tert-OH is 1. The van der Waals surface area contributed by atoms with E-state index in [0.717, 1.165) is 0 Å². The first-order chi connectivity index (χ1) is 14.5.